The molecule has 0 radical (unpaired) electrons. The molecule has 0 spiro atoms. The smallest absolute Gasteiger partial charge is 0.324 e. The number of pyridine rings is 1. The topological polar surface area (TPSA) is 82.0 Å². The highest BCUT2D eigenvalue weighted by Crippen LogP contribution is 2.34. The van der Waals surface area contributed by atoms with Gasteiger partial charge in [0.1, 0.15) is 0 Å². The Hall–Kier alpha value is -1.95. The van der Waals surface area contributed by atoms with Gasteiger partial charge in [0.15, 0.2) is 0 Å². The Morgan fingerprint density at radius 3 is 2.80 bits per heavy atom. The van der Waals surface area contributed by atoms with E-state index >= 15 is 0 Å². The van der Waals surface area contributed by atoms with Crippen molar-refractivity contribution in [1.82, 2.24) is 4.98 Å². The van der Waals surface area contributed by atoms with Crippen molar-refractivity contribution in [3.8, 4) is 10.4 Å². The van der Waals surface area contributed by atoms with Gasteiger partial charge >= 0.3 is 5.00 Å². The number of thiophene rings is 1. The van der Waals surface area contributed by atoms with Crippen LogP contribution < -0.4 is 5.73 Å². The fourth-order valence-corrected chi connectivity index (χ4v) is 2.07. The van der Waals surface area contributed by atoms with E-state index in [0.717, 1.165) is 21.8 Å². The number of hydrogen-bond donors (Lipinski definition) is 1. The number of anilines is 1. The highest BCUT2D eigenvalue weighted by Gasteiger charge is 2.12. The van der Waals surface area contributed by atoms with Crippen molar-refractivity contribution >= 4 is 22.0 Å². The fraction of sp³-hybridized carbons (Fsp3) is 0. The lowest BCUT2D eigenvalue weighted by Crippen LogP contribution is -1.88. The zero-order chi connectivity index (χ0) is 10.8. The molecule has 76 valence electrons. The molecule has 0 atom stereocenters. The lowest BCUT2D eigenvalue weighted by molar-refractivity contribution is -0.380. The summed E-state index contributed by atoms with van der Waals surface area (Å²) in [5.41, 5.74) is 7.02. The molecule has 0 aromatic carbocycles. The summed E-state index contributed by atoms with van der Waals surface area (Å²) in [7, 11) is 0. The largest absolute Gasteiger partial charge is 0.397 e. The van der Waals surface area contributed by atoms with E-state index in [2.05, 4.69) is 4.98 Å². The molecule has 2 aromatic heterocycles. The SMILES string of the molecule is Nc1cnccc1-c1ccc([N+](=O)[O-])s1. The molecule has 6 heteroatoms. The van der Waals surface area contributed by atoms with E-state index in [0.29, 0.717) is 5.69 Å². The Balaban J connectivity index is 2.46. The third kappa shape index (κ3) is 1.79. The first kappa shape index (κ1) is 9.60. The van der Waals surface area contributed by atoms with Crippen molar-refractivity contribution in [2.24, 2.45) is 0 Å². The van der Waals surface area contributed by atoms with Crippen LogP contribution in [-0.4, -0.2) is 9.91 Å². The van der Waals surface area contributed by atoms with Crippen molar-refractivity contribution in [2.45, 2.75) is 0 Å². The molecule has 0 amide bonds. The van der Waals surface area contributed by atoms with Crippen LogP contribution in [0.15, 0.2) is 30.6 Å². The molecule has 2 N–H and O–H groups in total. The minimum Gasteiger partial charge on any atom is -0.397 e. The molecule has 0 bridgehead atoms. The number of hydrogen-bond acceptors (Lipinski definition) is 5. The molecule has 0 aliphatic heterocycles. The minimum atomic E-state index is -0.411. The maximum absolute atomic E-state index is 10.5. The summed E-state index contributed by atoms with van der Waals surface area (Å²) in [6.07, 6.45) is 3.14. The van der Waals surface area contributed by atoms with E-state index in [1.54, 1.807) is 18.3 Å². The van der Waals surface area contributed by atoms with Gasteiger partial charge < -0.3 is 5.73 Å². The summed E-state index contributed by atoms with van der Waals surface area (Å²) in [5, 5.41) is 10.6. The van der Waals surface area contributed by atoms with Gasteiger partial charge in [0.05, 0.1) is 16.8 Å². The highest BCUT2D eigenvalue weighted by molar-refractivity contribution is 7.18. The number of nitrogens with zero attached hydrogens (tertiary/aromatic N) is 2. The highest BCUT2D eigenvalue weighted by atomic mass is 32.1. The van der Waals surface area contributed by atoms with Gasteiger partial charge in [-0.3, -0.25) is 15.1 Å². The molecule has 0 aliphatic carbocycles. The van der Waals surface area contributed by atoms with Crippen molar-refractivity contribution in [1.29, 1.82) is 0 Å². The number of nitrogen functional groups attached to an aromatic ring is 1. The zero-order valence-electron chi connectivity index (χ0n) is 7.58. The van der Waals surface area contributed by atoms with Gasteiger partial charge in [-0.05, 0) is 12.1 Å². The van der Waals surface area contributed by atoms with E-state index in [4.69, 9.17) is 5.73 Å². The van der Waals surface area contributed by atoms with Crippen LogP contribution in [0.2, 0.25) is 0 Å². The molecule has 15 heavy (non-hydrogen) atoms. The van der Waals surface area contributed by atoms with Gasteiger partial charge in [0.2, 0.25) is 0 Å². The van der Waals surface area contributed by atoms with Crippen LogP contribution >= 0.6 is 11.3 Å². The number of rotatable bonds is 2. The molecular formula is C9H7N3O2S. The molecule has 5 nitrogen and oxygen atoms in total. The van der Waals surface area contributed by atoms with Crippen molar-refractivity contribution < 1.29 is 4.92 Å². The number of nitrogens with two attached hydrogens (primary N) is 1. The lowest BCUT2D eigenvalue weighted by atomic mass is 10.2. The van der Waals surface area contributed by atoms with Gasteiger partial charge in [0.25, 0.3) is 0 Å². The molecular weight excluding hydrogens is 214 g/mol. The summed E-state index contributed by atoms with van der Waals surface area (Å²) in [4.78, 5) is 14.7. The summed E-state index contributed by atoms with van der Waals surface area (Å²) in [6, 6.07) is 4.90. The molecule has 2 heterocycles. The van der Waals surface area contributed by atoms with Crippen LogP contribution in [0.25, 0.3) is 10.4 Å². The van der Waals surface area contributed by atoms with Crippen LogP contribution in [-0.2, 0) is 0 Å². The summed E-state index contributed by atoms with van der Waals surface area (Å²) >= 11 is 1.10. The Labute approximate surface area is 89.3 Å². The summed E-state index contributed by atoms with van der Waals surface area (Å²) in [6.45, 7) is 0. The van der Waals surface area contributed by atoms with E-state index in [9.17, 15) is 10.1 Å². The quantitative estimate of drug-likeness (QED) is 0.623. The lowest BCUT2D eigenvalue weighted by Gasteiger charge is -1.99. The van der Waals surface area contributed by atoms with Crippen LogP contribution in [0, 0.1) is 10.1 Å². The maximum Gasteiger partial charge on any atom is 0.324 e. The third-order valence-corrected chi connectivity index (χ3v) is 2.96. The first-order valence-electron chi connectivity index (χ1n) is 4.12. The monoisotopic (exact) mass is 221 g/mol. The Kier molecular flexibility index (Phi) is 2.34. The normalized spacial score (nSPS) is 10.1. The van der Waals surface area contributed by atoms with Crippen LogP contribution in [0.4, 0.5) is 10.7 Å². The second kappa shape index (κ2) is 3.66. The first-order chi connectivity index (χ1) is 7.18. The van der Waals surface area contributed by atoms with E-state index in [1.807, 2.05) is 0 Å². The number of nitro groups is 1. The molecule has 0 saturated carbocycles. The third-order valence-electron chi connectivity index (χ3n) is 1.89. The van der Waals surface area contributed by atoms with Crippen LogP contribution in [0.1, 0.15) is 0 Å². The van der Waals surface area contributed by atoms with Gasteiger partial charge in [-0.1, -0.05) is 11.3 Å². The predicted molar refractivity (Wildman–Crippen MR) is 58.6 cm³/mol. The van der Waals surface area contributed by atoms with Gasteiger partial charge in [-0.15, -0.1) is 0 Å². The number of aromatic nitrogens is 1. The van der Waals surface area contributed by atoms with Crippen LogP contribution in [0.5, 0.6) is 0 Å². The van der Waals surface area contributed by atoms with Gasteiger partial charge in [0, 0.05) is 22.7 Å². The van der Waals surface area contributed by atoms with Crippen molar-refractivity contribution in [3.05, 3.63) is 40.7 Å². The first-order valence-corrected chi connectivity index (χ1v) is 4.94. The predicted octanol–water partition coefficient (Wildman–Crippen LogP) is 2.30. The molecule has 0 aliphatic rings. The molecule has 2 rings (SSSR count). The Morgan fingerprint density at radius 1 is 1.40 bits per heavy atom. The fourth-order valence-electron chi connectivity index (χ4n) is 1.20. The van der Waals surface area contributed by atoms with Crippen molar-refractivity contribution in [2.75, 3.05) is 5.73 Å². The molecule has 0 saturated heterocycles. The molecule has 2 aromatic rings. The van der Waals surface area contributed by atoms with Crippen LogP contribution in [0.3, 0.4) is 0 Å². The average molecular weight is 221 g/mol. The summed E-state index contributed by atoms with van der Waals surface area (Å²) in [5.74, 6) is 0. The second-order valence-corrected chi connectivity index (χ2v) is 3.92. The van der Waals surface area contributed by atoms with Gasteiger partial charge in [-0.25, -0.2) is 0 Å². The Bertz CT molecular complexity index is 510. The standard InChI is InChI=1S/C9H7N3O2S/c10-7-5-11-4-3-6(7)8-1-2-9(15-8)12(13)14/h1-5H,10H2. The van der Waals surface area contributed by atoms with E-state index in [-0.39, 0.29) is 5.00 Å². The Morgan fingerprint density at radius 2 is 2.20 bits per heavy atom. The van der Waals surface area contributed by atoms with Gasteiger partial charge in [-0.2, -0.15) is 0 Å². The van der Waals surface area contributed by atoms with Crippen molar-refractivity contribution in [3.63, 3.8) is 0 Å². The second-order valence-electron chi connectivity index (χ2n) is 2.86. The molecule has 0 unspecified atom stereocenters. The van der Waals surface area contributed by atoms with E-state index < -0.39 is 4.92 Å². The summed E-state index contributed by atoms with van der Waals surface area (Å²) < 4.78 is 0. The maximum atomic E-state index is 10.5. The minimum absolute atomic E-state index is 0.112. The molecule has 0 fully saturated rings. The average Bonchev–Trinajstić information content (AvgIpc) is 2.67. The van der Waals surface area contributed by atoms with E-state index in [1.165, 1.54) is 12.3 Å². The zero-order valence-corrected chi connectivity index (χ0v) is 8.40.